The van der Waals surface area contributed by atoms with E-state index in [1.165, 1.54) is 0 Å². The first-order valence-electron chi connectivity index (χ1n) is 19.7. The molecule has 0 aliphatic heterocycles. The molecule has 7 aromatic carbocycles. The van der Waals surface area contributed by atoms with Crippen LogP contribution < -0.4 is 0 Å². The van der Waals surface area contributed by atoms with Gasteiger partial charge in [-0.05, 0) is 45.5 Å². The van der Waals surface area contributed by atoms with Crippen molar-refractivity contribution in [3.63, 3.8) is 0 Å². The lowest BCUT2D eigenvalue weighted by Crippen LogP contribution is -2.02. The Labute approximate surface area is 347 Å². The molecular weight excluding hydrogens is 735 g/mol. The van der Waals surface area contributed by atoms with Gasteiger partial charge >= 0.3 is 0 Å². The third-order valence-corrected chi connectivity index (χ3v) is 10.4. The van der Waals surface area contributed by atoms with Gasteiger partial charge in [-0.15, -0.1) is 0 Å². The van der Waals surface area contributed by atoms with Crippen LogP contribution in [0.4, 0.5) is 0 Å². The minimum atomic E-state index is 0.578. The zero-order valence-electron chi connectivity index (χ0n) is 32.3. The highest BCUT2D eigenvalue weighted by atomic mass is 15.0. The summed E-state index contributed by atoms with van der Waals surface area (Å²) in [4.78, 5) is 34.3. The summed E-state index contributed by atoms with van der Waals surface area (Å²) in [5, 5.41) is 0. The molecule has 0 fully saturated rings. The number of hydrogen-bond donors (Lipinski definition) is 0. The van der Waals surface area contributed by atoms with Gasteiger partial charge in [0, 0.05) is 63.7 Å². The van der Waals surface area contributed by atoms with Crippen LogP contribution in [0.25, 0.3) is 101 Å². The zero-order chi connectivity index (χ0) is 40.1. The topological polar surface area (TPSA) is 90.2 Å². The molecule has 0 N–H and O–H groups in total. The van der Waals surface area contributed by atoms with Crippen LogP contribution in [0.5, 0.6) is 0 Å². The second-order valence-corrected chi connectivity index (χ2v) is 14.2. The van der Waals surface area contributed by atoms with Crippen molar-refractivity contribution in [1.29, 1.82) is 0 Å². The van der Waals surface area contributed by atoms with E-state index in [9.17, 15) is 0 Å². The molecule has 3 heterocycles. The Kier molecular flexibility index (Phi) is 9.79. The fourth-order valence-electron chi connectivity index (χ4n) is 7.35. The van der Waals surface area contributed by atoms with Crippen LogP contribution in [-0.2, 0) is 0 Å². The van der Waals surface area contributed by atoms with E-state index in [0.29, 0.717) is 29.1 Å². The van der Waals surface area contributed by atoms with Crippen molar-refractivity contribution in [1.82, 2.24) is 34.9 Å². The van der Waals surface area contributed by atoms with Gasteiger partial charge in [0.15, 0.2) is 29.1 Å². The maximum Gasteiger partial charge on any atom is 0.164 e. The van der Waals surface area contributed by atoms with Gasteiger partial charge in [-0.25, -0.2) is 34.9 Å². The van der Waals surface area contributed by atoms with Crippen molar-refractivity contribution in [3.8, 4) is 101 Å². The van der Waals surface area contributed by atoms with Crippen LogP contribution in [0, 0.1) is 0 Å². The van der Waals surface area contributed by atoms with E-state index in [0.717, 1.165) is 72.3 Å². The molecule has 0 bridgehead atoms. The van der Waals surface area contributed by atoms with Crippen LogP contribution >= 0.6 is 0 Å². The fourth-order valence-corrected chi connectivity index (χ4v) is 7.35. The Morgan fingerprint density at radius 3 is 0.900 bits per heavy atom. The summed E-state index contributed by atoms with van der Waals surface area (Å²) in [5.74, 6) is 3.13. The van der Waals surface area contributed by atoms with Crippen molar-refractivity contribution < 1.29 is 0 Å². The third kappa shape index (κ3) is 7.46. The molecule has 0 amide bonds. The smallest absolute Gasteiger partial charge is 0.164 e. The summed E-state index contributed by atoms with van der Waals surface area (Å²) >= 11 is 0. The van der Waals surface area contributed by atoms with E-state index in [1.54, 1.807) is 0 Å². The van der Waals surface area contributed by atoms with Crippen molar-refractivity contribution in [2.45, 2.75) is 0 Å². The standard InChI is InChI=1S/C53H35N7/c1-4-16-36(17-5-1)49-54-32-43(33-55-49)39-22-14-24-41(30-39)45-26-10-12-28-47(45)52-58-51(38-20-8-3-9-21-38)59-53(60-52)48-29-13-11-27-46(48)42-25-15-23-40(31-42)44-34-56-50(57-35-44)37-18-6-2-7-19-37/h1-35H. The lowest BCUT2D eigenvalue weighted by atomic mass is 9.95. The van der Waals surface area contributed by atoms with E-state index in [-0.39, 0.29) is 0 Å². The van der Waals surface area contributed by atoms with Gasteiger partial charge in [0.25, 0.3) is 0 Å². The van der Waals surface area contributed by atoms with Gasteiger partial charge in [-0.3, -0.25) is 0 Å². The second kappa shape index (κ2) is 16.3. The van der Waals surface area contributed by atoms with Crippen molar-refractivity contribution in [2.24, 2.45) is 0 Å². The molecule has 10 rings (SSSR count). The fraction of sp³-hybridized carbons (Fsp3) is 0. The molecule has 0 aliphatic rings. The predicted molar refractivity (Wildman–Crippen MR) is 240 cm³/mol. The molecule has 7 nitrogen and oxygen atoms in total. The minimum absolute atomic E-state index is 0.578. The maximum absolute atomic E-state index is 5.25. The first-order chi connectivity index (χ1) is 29.7. The first kappa shape index (κ1) is 36.1. The molecule has 0 unspecified atom stereocenters. The molecule has 0 saturated heterocycles. The molecule has 0 aliphatic carbocycles. The summed E-state index contributed by atoms with van der Waals surface area (Å²) in [5.41, 5.74) is 12.6. The summed E-state index contributed by atoms with van der Waals surface area (Å²) in [7, 11) is 0. The second-order valence-electron chi connectivity index (χ2n) is 14.2. The zero-order valence-corrected chi connectivity index (χ0v) is 32.3. The van der Waals surface area contributed by atoms with Crippen LogP contribution in [0.1, 0.15) is 0 Å². The normalized spacial score (nSPS) is 11.0. The van der Waals surface area contributed by atoms with Crippen LogP contribution in [-0.4, -0.2) is 34.9 Å². The molecule has 3 aromatic heterocycles. The molecule has 282 valence electrons. The van der Waals surface area contributed by atoms with Crippen LogP contribution in [0.2, 0.25) is 0 Å². The number of rotatable bonds is 9. The van der Waals surface area contributed by atoms with Gasteiger partial charge in [0.05, 0.1) is 0 Å². The van der Waals surface area contributed by atoms with E-state index < -0.39 is 0 Å². The quantitative estimate of drug-likeness (QED) is 0.144. The molecule has 7 heteroatoms. The molecule has 0 radical (unpaired) electrons. The minimum Gasteiger partial charge on any atom is -0.236 e. The average Bonchev–Trinajstić information content (AvgIpc) is 3.35. The lowest BCUT2D eigenvalue weighted by molar-refractivity contribution is 1.07. The van der Waals surface area contributed by atoms with Crippen LogP contribution in [0.15, 0.2) is 213 Å². The summed E-state index contributed by atoms with van der Waals surface area (Å²) < 4.78 is 0. The monoisotopic (exact) mass is 769 g/mol. The SMILES string of the molecule is c1ccc(-c2ncc(-c3cccc(-c4ccccc4-c4nc(-c5ccccc5)nc(-c5ccccc5-c5cccc(-c6cnc(-c7ccccc7)nc6)c5)n4)c3)cn2)cc1. The number of hydrogen-bond acceptors (Lipinski definition) is 7. The maximum atomic E-state index is 5.25. The molecule has 0 spiro atoms. The van der Waals surface area contributed by atoms with Crippen molar-refractivity contribution in [3.05, 3.63) is 213 Å². The highest BCUT2D eigenvalue weighted by molar-refractivity contribution is 5.86. The number of nitrogens with zero attached hydrogens (tertiary/aromatic N) is 7. The van der Waals surface area contributed by atoms with Crippen molar-refractivity contribution >= 4 is 0 Å². The van der Waals surface area contributed by atoms with Gasteiger partial charge in [-0.1, -0.05) is 176 Å². The molecule has 0 saturated carbocycles. The van der Waals surface area contributed by atoms with Crippen LogP contribution in [0.3, 0.4) is 0 Å². The predicted octanol–water partition coefficient (Wildman–Crippen LogP) is 12.5. The molecule has 0 atom stereocenters. The van der Waals surface area contributed by atoms with E-state index in [2.05, 4.69) is 92.7 Å². The highest BCUT2D eigenvalue weighted by Crippen LogP contribution is 2.37. The first-order valence-corrected chi connectivity index (χ1v) is 19.7. The Morgan fingerprint density at radius 2 is 0.500 bits per heavy atom. The average molecular weight is 770 g/mol. The van der Waals surface area contributed by atoms with Crippen molar-refractivity contribution in [2.75, 3.05) is 0 Å². The number of benzene rings is 7. The van der Waals surface area contributed by atoms with E-state index >= 15 is 0 Å². The summed E-state index contributed by atoms with van der Waals surface area (Å²) in [6, 6.07) is 63.5. The number of aromatic nitrogens is 7. The van der Waals surface area contributed by atoms with Gasteiger partial charge < -0.3 is 0 Å². The van der Waals surface area contributed by atoms with E-state index in [1.807, 2.05) is 140 Å². The van der Waals surface area contributed by atoms with Gasteiger partial charge in [0.2, 0.25) is 0 Å². The highest BCUT2D eigenvalue weighted by Gasteiger charge is 2.18. The summed E-state index contributed by atoms with van der Waals surface area (Å²) in [6.45, 7) is 0. The van der Waals surface area contributed by atoms with Gasteiger partial charge in [0.1, 0.15) is 0 Å². The molecule has 60 heavy (non-hydrogen) atoms. The largest absolute Gasteiger partial charge is 0.236 e. The molecular formula is C53H35N7. The Hall–Kier alpha value is -8.29. The Balaban J connectivity index is 1.04. The van der Waals surface area contributed by atoms with Gasteiger partial charge in [-0.2, -0.15) is 0 Å². The lowest BCUT2D eigenvalue weighted by Gasteiger charge is -2.15. The molecule has 10 aromatic rings. The summed E-state index contributed by atoms with van der Waals surface area (Å²) in [6.07, 6.45) is 7.53. The Morgan fingerprint density at radius 1 is 0.200 bits per heavy atom. The van der Waals surface area contributed by atoms with E-state index in [4.69, 9.17) is 15.0 Å². The Bertz CT molecular complexity index is 2880. The third-order valence-electron chi connectivity index (χ3n) is 10.4.